The first-order chi connectivity index (χ1) is 15.2. The van der Waals surface area contributed by atoms with Crippen LogP contribution < -0.4 is 0 Å². The first kappa shape index (κ1) is 20.2. The van der Waals surface area contributed by atoms with Crippen LogP contribution in [0.15, 0.2) is 67.0 Å². The molecule has 4 nitrogen and oxygen atoms in total. The molecule has 5 rings (SSSR count). The third-order valence-corrected chi connectivity index (χ3v) is 7.05. The summed E-state index contributed by atoms with van der Waals surface area (Å²) in [6.07, 6.45) is 8.81. The van der Waals surface area contributed by atoms with E-state index in [-0.39, 0.29) is 5.41 Å². The average Bonchev–Trinajstić information content (AvgIpc) is 3.21. The van der Waals surface area contributed by atoms with Gasteiger partial charge in [-0.05, 0) is 47.9 Å². The van der Waals surface area contributed by atoms with E-state index in [2.05, 4.69) is 52.3 Å². The van der Waals surface area contributed by atoms with Crippen LogP contribution in [0, 0.1) is 5.92 Å². The zero-order valence-corrected chi connectivity index (χ0v) is 18.0. The fraction of sp³-hybridized carbons (Fsp3) is 0.407. The van der Waals surface area contributed by atoms with E-state index < -0.39 is 0 Å². The third kappa shape index (κ3) is 4.09. The molecule has 1 aliphatic carbocycles. The molecule has 1 aliphatic heterocycles. The van der Waals surface area contributed by atoms with E-state index >= 15 is 0 Å². The summed E-state index contributed by atoms with van der Waals surface area (Å²) >= 11 is 0. The Morgan fingerprint density at radius 2 is 1.90 bits per heavy atom. The van der Waals surface area contributed by atoms with E-state index in [4.69, 9.17) is 4.74 Å². The second-order valence-electron chi connectivity index (χ2n) is 9.11. The first-order valence-corrected chi connectivity index (χ1v) is 11.5. The van der Waals surface area contributed by atoms with Crippen molar-refractivity contribution in [1.29, 1.82) is 0 Å². The summed E-state index contributed by atoms with van der Waals surface area (Å²) in [6.45, 7) is 2.77. The number of ether oxygens (including phenoxy) is 1. The Bertz CT molecular complexity index is 1040. The van der Waals surface area contributed by atoms with Crippen LogP contribution in [0.25, 0.3) is 10.8 Å². The van der Waals surface area contributed by atoms with Gasteiger partial charge in [0.15, 0.2) is 0 Å². The predicted octanol–water partition coefficient (Wildman–Crippen LogP) is 4.76. The number of benzene rings is 2. The number of hydrogen-bond donors (Lipinski definition) is 0. The van der Waals surface area contributed by atoms with Crippen LogP contribution in [0.5, 0.6) is 0 Å². The van der Waals surface area contributed by atoms with Crippen molar-refractivity contribution in [3.63, 3.8) is 0 Å². The summed E-state index contributed by atoms with van der Waals surface area (Å²) in [5.74, 6) is 0.601. The molecular formula is C27H30N2O2. The summed E-state index contributed by atoms with van der Waals surface area (Å²) < 4.78 is 5.94. The summed E-state index contributed by atoms with van der Waals surface area (Å²) in [5.41, 5.74) is 2.10. The normalized spacial score (nSPS) is 21.2. The monoisotopic (exact) mass is 414 g/mol. The highest BCUT2D eigenvalue weighted by Crippen LogP contribution is 2.43. The Balaban J connectivity index is 1.36. The minimum atomic E-state index is -0.356. The molecule has 0 radical (unpaired) electrons. The zero-order chi connectivity index (χ0) is 21.1. The lowest BCUT2D eigenvalue weighted by Crippen LogP contribution is -2.47. The van der Waals surface area contributed by atoms with Gasteiger partial charge in [-0.25, -0.2) is 0 Å². The molecule has 1 saturated carbocycles. The average molecular weight is 415 g/mol. The highest BCUT2D eigenvalue weighted by Gasteiger charge is 2.45. The Hall–Kier alpha value is -2.72. The van der Waals surface area contributed by atoms with Crippen LogP contribution in [-0.4, -0.2) is 42.1 Å². The van der Waals surface area contributed by atoms with Crippen molar-refractivity contribution >= 4 is 16.7 Å². The Kier molecular flexibility index (Phi) is 5.73. The van der Waals surface area contributed by atoms with E-state index in [1.54, 1.807) is 0 Å². The van der Waals surface area contributed by atoms with Crippen molar-refractivity contribution in [3.05, 3.63) is 78.1 Å². The molecule has 1 unspecified atom stereocenters. The first-order valence-electron chi connectivity index (χ1n) is 11.5. The summed E-state index contributed by atoms with van der Waals surface area (Å²) in [5, 5.41) is 2.37. The third-order valence-electron chi connectivity index (χ3n) is 7.05. The maximum absolute atomic E-state index is 13.9. The van der Waals surface area contributed by atoms with Gasteiger partial charge in [0.1, 0.15) is 0 Å². The highest BCUT2D eigenvalue weighted by molar-refractivity contribution is 5.88. The molecule has 3 aromatic rings. The molecule has 2 aliphatic rings. The van der Waals surface area contributed by atoms with Gasteiger partial charge >= 0.3 is 0 Å². The SMILES string of the molecule is O=C(N1CCOCC(Cc2ccc3ccncc3c2)C1)C1(c2ccccc2)CCCC1. The van der Waals surface area contributed by atoms with Crippen molar-refractivity contribution < 1.29 is 9.53 Å². The lowest BCUT2D eigenvalue weighted by Gasteiger charge is -2.35. The molecule has 2 heterocycles. The van der Waals surface area contributed by atoms with E-state index in [1.165, 1.54) is 16.5 Å². The molecule has 4 heteroatoms. The fourth-order valence-electron chi connectivity index (χ4n) is 5.45. The van der Waals surface area contributed by atoms with Crippen molar-refractivity contribution in [1.82, 2.24) is 9.88 Å². The smallest absolute Gasteiger partial charge is 0.233 e. The van der Waals surface area contributed by atoms with Crippen LogP contribution in [0.4, 0.5) is 0 Å². The highest BCUT2D eigenvalue weighted by atomic mass is 16.5. The molecule has 1 saturated heterocycles. The molecule has 2 aromatic carbocycles. The number of carbonyl (C=O) groups is 1. The summed E-state index contributed by atoms with van der Waals surface area (Å²) in [6, 6.07) is 19.1. The van der Waals surface area contributed by atoms with Gasteiger partial charge < -0.3 is 9.64 Å². The topological polar surface area (TPSA) is 42.4 Å². The Labute approximate surface area is 184 Å². The molecule has 1 atom stereocenters. The number of amides is 1. The molecule has 1 aromatic heterocycles. The van der Waals surface area contributed by atoms with Crippen molar-refractivity contribution in [2.24, 2.45) is 5.92 Å². The molecule has 160 valence electrons. The largest absolute Gasteiger partial charge is 0.379 e. The standard InChI is InChI=1S/C27H30N2O2/c30-26(27(11-4-5-12-27)25-6-2-1-3-7-25)29-14-15-31-20-22(19-29)16-21-8-9-23-10-13-28-18-24(23)17-21/h1-3,6-10,13,17-18,22H,4-5,11-12,14-16,19-20H2. The zero-order valence-electron chi connectivity index (χ0n) is 18.0. The van der Waals surface area contributed by atoms with E-state index in [9.17, 15) is 4.79 Å². The van der Waals surface area contributed by atoms with E-state index in [0.717, 1.165) is 44.0 Å². The minimum absolute atomic E-state index is 0.300. The van der Waals surface area contributed by atoms with Gasteiger partial charge in [0.2, 0.25) is 5.91 Å². The van der Waals surface area contributed by atoms with Crippen LogP contribution in [-0.2, 0) is 21.4 Å². The molecule has 1 amide bonds. The van der Waals surface area contributed by atoms with Crippen LogP contribution in [0.1, 0.15) is 36.8 Å². The molecule has 0 bridgehead atoms. The van der Waals surface area contributed by atoms with E-state index in [1.807, 2.05) is 24.5 Å². The van der Waals surface area contributed by atoms with Gasteiger partial charge in [-0.3, -0.25) is 9.78 Å². The fourth-order valence-corrected chi connectivity index (χ4v) is 5.45. The van der Waals surface area contributed by atoms with Gasteiger partial charge in [-0.2, -0.15) is 0 Å². The van der Waals surface area contributed by atoms with Gasteiger partial charge in [0, 0.05) is 36.8 Å². The Morgan fingerprint density at radius 3 is 2.74 bits per heavy atom. The lowest BCUT2D eigenvalue weighted by molar-refractivity contribution is -0.137. The molecule has 31 heavy (non-hydrogen) atoms. The summed E-state index contributed by atoms with van der Waals surface area (Å²) in [4.78, 5) is 20.3. The molecule has 0 spiro atoms. The lowest BCUT2D eigenvalue weighted by atomic mass is 9.77. The second kappa shape index (κ2) is 8.80. The maximum atomic E-state index is 13.9. The number of carbonyl (C=O) groups excluding carboxylic acids is 1. The number of rotatable bonds is 4. The van der Waals surface area contributed by atoms with E-state index in [0.29, 0.717) is 31.6 Å². The number of fused-ring (bicyclic) bond motifs is 1. The van der Waals surface area contributed by atoms with Crippen molar-refractivity contribution in [2.45, 2.75) is 37.5 Å². The van der Waals surface area contributed by atoms with Gasteiger partial charge in [-0.15, -0.1) is 0 Å². The van der Waals surface area contributed by atoms with Gasteiger partial charge in [-0.1, -0.05) is 55.3 Å². The molecule has 2 fully saturated rings. The second-order valence-corrected chi connectivity index (χ2v) is 9.11. The van der Waals surface area contributed by atoms with Crippen LogP contribution >= 0.6 is 0 Å². The predicted molar refractivity (Wildman–Crippen MR) is 123 cm³/mol. The van der Waals surface area contributed by atoms with Gasteiger partial charge in [0.05, 0.1) is 18.6 Å². The maximum Gasteiger partial charge on any atom is 0.233 e. The number of nitrogens with zero attached hydrogens (tertiary/aromatic N) is 2. The minimum Gasteiger partial charge on any atom is -0.379 e. The number of pyridine rings is 1. The van der Waals surface area contributed by atoms with Crippen LogP contribution in [0.3, 0.4) is 0 Å². The number of aromatic nitrogens is 1. The number of hydrogen-bond acceptors (Lipinski definition) is 3. The van der Waals surface area contributed by atoms with Gasteiger partial charge in [0.25, 0.3) is 0 Å². The van der Waals surface area contributed by atoms with Crippen molar-refractivity contribution in [3.8, 4) is 0 Å². The Morgan fingerprint density at radius 1 is 1.06 bits per heavy atom. The van der Waals surface area contributed by atoms with Crippen LogP contribution in [0.2, 0.25) is 0 Å². The molecular weight excluding hydrogens is 384 g/mol. The quantitative estimate of drug-likeness (QED) is 0.618. The summed E-state index contributed by atoms with van der Waals surface area (Å²) in [7, 11) is 0. The molecule has 0 N–H and O–H groups in total. The van der Waals surface area contributed by atoms with Crippen molar-refractivity contribution in [2.75, 3.05) is 26.3 Å².